The molecule has 0 aliphatic carbocycles. The number of hydrogen-bond donors (Lipinski definition) is 2. The standard InChI is InChI=1S/C9H22N2O/c1-3-6-10-7-4-5-8-11-9-12-2/h10-11H,3-9H2,1-2H3. The average molecular weight is 174 g/mol. The number of rotatable bonds is 9. The van der Waals surface area contributed by atoms with Gasteiger partial charge in [0.05, 0.1) is 6.73 Å². The fourth-order valence-corrected chi connectivity index (χ4v) is 0.976. The van der Waals surface area contributed by atoms with Crippen molar-refractivity contribution in [2.45, 2.75) is 26.2 Å². The third-order valence-corrected chi connectivity index (χ3v) is 1.63. The summed E-state index contributed by atoms with van der Waals surface area (Å²) in [6, 6.07) is 0. The molecule has 0 heterocycles. The molecule has 0 aromatic heterocycles. The summed E-state index contributed by atoms with van der Waals surface area (Å²) in [5.74, 6) is 0. The molecule has 2 N–H and O–H groups in total. The molecule has 0 saturated heterocycles. The van der Waals surface area contributed by atoms with Crippen molar-refractivity contribution < 1.29 is 4.74 Å². The Hall–Kier alpha value is -0.120. The predicted octanol–water partition coefficient (Wildman–Crippen LogP) is 0.960. The molecule has 0 atom stereocenters. The van der Waals surface area contributed by atoms with E-state index in [-0.39, 0.29) is 0 Å². The Balaban J connectivity index is 2.73. The Labute approximate surface area is 75.9 Å². The SMILES string of the molecule is CCCNCCCCNCOC. The van der Waals surface area contributed by atoms with Gasteiger partial charge in [0.2, 0.25) is 0 Å². The van der Waals surface area contributed by atoms with Crippen molar-refractivity contribution in [1.29, 1.82) is 0 Å². The van der Waals surface area contributed by atoms with Crippen LogP contribution in [0.4, 0.5) is 0 Å². The van der Waals surface area contributed by atoms with E-state index in [9.17, 15) is 0 Å². The summed E-state index contributed by atoms with van der Waals surface area (Å²) in [7, 11) is 1.70. The van der Waals surface area contributed by atoms with Gasteiger partial charge in [-0.3, -0.25) is 5.32 Å². The second-order valence-corrected chi connectivity index (χ2v) is 2.89. The number of unbranched alkanes of at least 4 members (excludes halogenated alkanes) is 1. The average Bonchev–Trinajstić information content (AvgIpc) is 2.10. The van der Waals surface area contributed by atoms with E-state index < -0.39 is 0 Å². The van der Waals surface area contributed by atoms with E-state index in [2.05, 4.69) is 17.6 Å². The maximum absolute atomic E-state index is 4.86. The molecule has 0 aromatic rings. The highest BCUT2D eigenvalue weighted by Gasteiger charge is 1.87. The number of methoxy groups -OCH3 is 1. The Morgan fingerprint density at radius 1 is 1.00 bits per heavy atom. The first-order chi connectivity index (χ1) is 5.91. The fraction of sp³-hybridized carbons (Fsp3) is 1.00. The van der Waals surface area contributed by atoms with Crippen molar-refractivity contribution >= 4 is 0 Å². The van der Waals surface area contributed by atoms with E-state index in [0.29, 0.717) is 6.73 Å². The van der Waals surface area contributed by atoms with Crippen molar-refractivity contribution in [2.24, 2.45) is 0 Å². The van der Waals surface area contributed by atoms with Crippen LogP contribution in [-0.2, 0) is 4.74 Å². The summed E-state index contributed by atoms with van der Waals surface area (Å²) in [6.07, 6.45) is 3.69. The van der Waals surface area contributed by atoms with Gasteiger partial charge >= 0.3 is 0 Å². The largest absolute Gasteiger partial charge is 0.370 e. The third-order valence-electron chi connectivity index (χ3n) is 1.63. The summed E-state index contributed by atoms with van der Waals surface area (Å²) >= 11 is 0. The highest BCUT2D eigenvalue weighted by atomic mass is 16.5. The van der Waals surface area contributed by atoms with Gasteiger partial charge in [0.25, 0.3) is 0 Å². The van der Waals surface area contributed by atoms with Crippen LogP contribution in [0.5, 0.6) is 0 Å². The van der Waals surface area contributed by atoms with E-state index in [1.54, 1.807) is 7.11 Å². The third kappa shape index (κ3) is 9.88. The van der Waals surface area contributed by atoms with Crippen molar-refractivity contribution in [3.63, 3.8) is 0 Å². The summed E-state index contributed by atoms with van der Waals surface area (Å²) in [4.78, 5) is 0. The quantitative estimate of drug-likeness (QED) is 0.403. The first-order valence-electron chi connectivity index (χ1n) is 4.82. The minimum atomic E-state index is 0.669. The molecule has 3 nitrogen and oxygen atoms in total. The smallest absolute Gasteiger partial charge is 0.0961 e. The normalized spacial score (nSPS) is 10.5. The van der Waals surface area contributed by atoms with E-state index in [0.717, 1.165) is 19.6 Å². The topological polar surface area (TPSA) is 33.3 Å². The molecule has 0 aliphatic rings. The minimum absolute atomic E-state index is 0.669. The van der Waals surface area contributed by atoms with Gasteiger partial charge in [-0.25, -0.2) is 0 Å². The van der Waals surface area contributed by atoms with Gasteiger partial charge in [-0.05, 0) is 38.9 Å². The lowest BCUT2D eigenvalue weighted by Gasteiger charge is -2.03. The fourth-order valence-electron chi connectivity index (χ4n) is 0.976. The Morgan fingerprint density at radius 2 is 1.67 bits per heavy atom. The summed E-state index contributed by atoms with van der Waals surface area (Å²) in [6.45, 7) is 6.20. The van der Waals surface area contributed by atoms with Crippen molar-refractivity contribution in [3.05, 3.63) is 0 Å². The summed E-state index contributed by atoms with van der Waals surface area (Å²) in [5, 5.41) is 6.54. The van der Waals surface area contributed by atoms with Crippen LogP contribution in [0.3, 0.4) is 0 Å². The molecule has 3 heteroatoms. The minimum Gasteiger partial charge on any atom is -0.370 e. The number of nitrogens with one attached hydrogen (secondary N) is 2. The number of ether oxygens (including phenoxy) is 1. The van der Waals surface area contributed by atoms with Crippen molar-refractivity contribution in [1.82, 2.24) is 10.6 Å². The lowest BCUT2D eigenvalue weighted by atomic mass is 10.3. The molecule has 0 unspecified atom stereocenters. The molecule has 0 bridgehead atoms. The van der Waals surface area contributed by atoms with Crippen LogP contribution < -0.4 is 10.6 Å². The van der Waals surface area contributed by atoms with Crippen LogP contribution in [0.1, 0.15) is 26.2 Å². The van der Waals surface area contributed by atoms with Crippen LogP contribution in [0.25, 0.3) is 0 Å². The molecular weight excluding hydrogens is 152 g/mol. The van der Waals surface area contributed by atoms with Crippen LogP contribution in [-0.4, -0.2) is 33.5 Å². The summed E-state index contributed by atoms with van der Waals surface area (Å²) in [5.41, 5.74) is 0. The molecule has 0 saturated carbocycles. The van der Waals surface area contributed by atoms with Crippen LogP contribution in [0.2, 0.25) is 0 Å². The lowest BCUT2D eigenvalue weighted by molar-refractivity contribution is 0.175. The van der Waals surface area contributed by atoms with Crippen LogP contribution in [0.15, 0.2) is 0 Å². The Bertz CT molecular complexity index is 68.9. The first kappa shape index (κ1) is 11.9. The van der Waals surface area contributed by atoms with Gasteiger partial charge in [0.1, 0.15) is 0 Å². The second-order valence-electron chi connectivity index (χ2n) is 2.89. The zero-order valence-electron chi connectivity index (χ0n) is 8.36. The molecule has 0 radical (unpaired) electrons. The van der Waals surface area contributed by atoms with Gasteiger partial charge in [-0.1, -0.05) is 6.92 Å². The number of hydrogen-bond acceptors (Lipinski definition) is 3. The highest BCUT2D eigenvalue weighted by Crippen LogP contribution is 1.84. The van der Waals surface area contributed by atoms with Gasteiger partial charge < -0.3 is 10.1 Å². The van der Waals surface area contributed by atoms with Crippen molar-refractivity contribution in [3.8, 4) is 0 Å². The molecule has 74 valence electrons. The van der Waals surface area contributed by atoms with Crippen LogP contribution >= 0.6 is 0 Å². The molecule has 0 aromatic carbocycles. The van der Waals surface area contributed by atoms with Gasteiger partial charge in [-0.15, -0.1) is 0 Å². The molecular formula is C9H22N2O. The highest BCUT2D eigenvalue weighted by molar-refractivity contribution is 4.48. The molecule has 0 amide bonds. The maximum Gasteiger partial charge on any atom is 0.0961 e. The second kappa shape index (κ2) is 10.9. The van der Waals surface area contributed by atoms with Gasteiger partial charge in [0.15, 0.2) is 0 Å². The Kier molecular flexibility index (Phi) is 10.8. The van der Waals surface area contributed by atoms with Gasteiger partial charge in [-0.2, -0.15) is 0 Å². The predicted molar refractivity (Wildman–Crippen MR) is 52.3 cm³/mol. The summed E-state index contributed by atoms with van der Waals surface area (Å²) < 4.78 is 4.86. The molecule has 12 heavy (non-hydrogen) atoms. The lowest BCUT2D eigenvalue weighted by Crippen LogP contribution is -2.20. The van der Waals surface area contributed by atoms with E-state index >= 15 is 0 Å². The first-order valence-corrected chi connectivity index (χ1v) is 4.82. The molecule has 0 spiro atoms. The van der Waals surface area contributed by atoms with Crippen molar-refractivity contribution in [2.75, 3.05) is 33.5 Å². The molecule has 0 rings (SSSR count). The van der Waals surface area contributed by atoms with E-state index in [1.165, 1.54) is 19.3 Å². The molecule has 0 aliphatic heterocycles. The van der Waals surface area contributed by atoms with Gasteiger partial charge in [0, 0.05) is 7.11 Å². The monoisotopic (exact) mass is 174 g/mol. The van der Waals surface area contributed by atoms with E-state index in [4.69, 9.17) is 4.74 Å². The maximum atomic E-state index is 4.86. The zero-order chi connectivity index (χ0) is 9.07. The Morgan fingerprint density at radius 3 is 2.25 bits per heavy atom. The zero-order valence-corrected chi connectivity index (χ0v) is 8.36. The van der Waals surface area contributed by atoms with Crippen LogP contribution in [0, 0.1) is 0 Å². The molecule has 0 fully saturated rings. The van der Waals surface area contributed by atoms with E-state index in [1.807, 2.05) is 0 Å².